The quantitative estimate of drug-likeness (QED) is 0.640. The molecule has 124 valence electrons. The van der Waals surface area contributed by atoms with Gasteiger partial charge in [-0.1, -0.05) is 17.3 Å². The van der Waals surface area contributed by atoms with E-state index in [0.717, 1.165) is 17.7 Å². The van der Waals surface area contributed by atoms with Crippen molar-refractivity contribution < 1.29 is 9.32 Å². The summed E-state index contributed by atoms with van der Waals surface area (Å²) in [5.41, 5.74) is 0. The van der Waals surface area contributed by atoms with Crippen LogP contribution in [0.1, 0.15) is 30.0 Å². The predicted octanol–water partition coefficient (Wildman–Crippen LogP) is 3.98. The molecule has 0 N–H and O–H groups in total. The Morgan fingerprint density at radius 2 is 2.08 bits per heavy atom. The number of carbonyl (C=O) groups excluding carboxylic acids is 1. The Balaban J connectivity index is 1.36. The normalized spacial score (nSPS) is 14.0. The van der Waals surface area contributed by atoms with Gasteiger partial charge in [0, 0.05) is 23.8 Å². The molecule has 0 radical (unpaired) electrons. The van der Waals surface area contributed by atoms with E-state index in [1.165, 1.54) is 4.88 Å². The van der Waals surface area contributed by atoms with E-state index >= 15 is 0 Å². The van der Waals surface area contributed by atoms with Gasteiger partial charge in [0.25, 0.3) is 0 Å². The van der Waals surface area contributed by atoms with E-state index in [0.29, 0.717) is 37.1 Å². The van der Waals surface area contributed by atoms with Crippen LogP contribution in [0.2, 0.25) is 0 Å². The molecule has 3 aromatic rings. The van der Waals surface area contributed by atoms with E-state index in [9.17, 15) is 4.79 Å². The molecule has 3 heterocycles. The maximum atomic E-state index is 12.6. The Morgan fingerprint density at radius 1 is 1.25 bits per heavy atom. The molecule has 1 saturated carbocycles. The molecule has 4 rings (SSSR count). The van der Waals surface area contributed by atoms with Crippen LogP contribution < -0.4 is 0 Å². The van der Waals surface area contributed by atoms with Gasteiger partial charge in [-0.2, -0.15) is 4.98 Å². The van der Waals surface area contributed by atoms with Gasteiger partial charge >= 0.3 is 0 Å². The smallest absolute Gasteiger partial charge is 0.227 e. The number of hydrogen-bond donors (Lipinski definition) is 0. The van der Waals surface area contributed by atoms with Crippen molar-refractivity contribution in [3.8, 4) is 10.7 Å². The van der Waals surface area contributed by atoms with E-state index in [2.05, 4.69) is 21.6 Å². The third kappa shape index (κ3) is 3.57. The average Bonchev–Trinajstić information content (AvgIpc) is 3.06. The number of hydrogen-bond acceptors (Lipinski definition) is 6. The molecule has 7 heteroatoms. The fourth-order valence-corrected chi connectivity index (χ4v) is 3.95. The average molecular weight is 359 g/mol. The minimum absolute atomic E-state index is 0.168. The largest absolute Gasteiger partial charge is 0.339 e. The first-order valence-corrected chi connectivity index (χ1v) is 9.74. The molecular weight excluding hydrogens is 342 g/mol. The second-order valence-corrected chi connectivity index (χ2v) is 7.80. The van der Waals surface area contributed by atoms with Crippen LogP contribution in [0.3, 0.4) is 0 Å². The van der Waals surface area contributed by atoms with Crippen molar-refractivity contribution in [2.45, 2.75) is 38.3 Å². The van der Waals surface area contributed by atoms with Gasteiger partial charge in [0.1, 0.15) is 0 Å². The molecule has 0 atom stereocenters. The van der Waals surface area contributed by atoms with Gasteiger partial charge in [0.05, 0.1) is 11.4 Å². The Labute approximate surface area is 147 Å². The van der Waals surface area contributed by atoms with Crippen LogP contribution in [0.25, 0.3) is 10.7 Å². The SMILES string of the molecule is O=C(CCc1nc(-c2cccs2)no1)N(Cc1cccs1)C1CC1. The van der Waals surface area contributed by atoms with Gasteiger partial charge in [-0.15, -0.1) is 22.7 Å². The number of aryl methyl sites for hydroxylation is 1. The molecule has 1 aliphatic carbocycles. The van der Waals surface area contributed by atoms with Crippen molar-refractivity contribution in [2.75, 3.05) is 0 Å². The molecule has 5 nitrogen and oxygen atoms in total. The lowest BCUT2D eigenvalue weighted by Crippen LogP contribution is -2.32. The number of carbonyl (C=O) groups is 1. The highest BCUT2D eigenvalue weighted by molar-refractivity contribution is 7.13. The highest BCUT2D eigenvalue weighted by Crippen LogP contribution is 2.30. The maximum Gasteiger partial charge on any atom is 0.227 e. The van der Waals surface area contributed by atoms with Gasteiger partial charge in [-0.25, -0.2) is 0 Å². The highest BCUT2D eigenvalue weighted by atomic mass is 32.1. The molecule has 3 aromatic heterocycles. The van der Waals surface area contributed by atoms with Crippen LogP contribution in [0.5, 0.6) is 0 Å². The van der Waals surface area contributed by atoms with E-state index < -0.39 is 0 Å². The van der Waals surface area contributed by atoms with Crippen LogP contribution in [0.4, 0.5) is 0 Å². The number of thiophene rings is 2. The summed E-state index contributed by atoms with van der Waals surface area (Å²) in [7, 11) is 0. The summed E-state index contributed by atoms with van der Waals surface area (Å²) in [5, 5.41) is 8.02. The Kier molecular flexibility index (Phi) is 4.44. The second kappa shape index (κ2) is 6.86. The summed E-state index contributed by atoms with van der Waals surface area (Å²) in [6, 6.07) is 8.43. The molecule has 0 unspecified atom stereocenters. The summed E-state index contributed by atoms with van der Waals surface area (Å²) in [6.45, 7) is 0.714. The third-order valence-corrected chi connectivity index (χ3v) is 5.70. The van der Waals surface area contributed by atoms with Crippen LogP contribution in [-0.4, -0.2) is 27.0 Å². The lowest BCUT2D eigenvalue weighted by atomic mass is 10.2. The first kappa shape index (κ1) is 15.5. The molecule has 0 spiro atoms. The molecule has 24 heavy (non-hydrogen) atoms. The molecular formula is C17H17N3O2S2. The van der Waals surface area contributed by atoms with Crippen LogP contribution >= 0.6 is 22.7 Å². The van der Waals surface area contributed by atoms with E-state index in [1.54, 1.807) is 22.7 Å². The molecule has 0 saturated heterocycles. The van der Waals surface area contributed by atoms with Gasteiger partial charge in [-0.05, 0) is 35.7 Å². The zero-order valence-electron chi connectivity index (χ0n) is 13.1. The van der Waals surface area contributed by atoms with Crippen molar-refractivity contribution in [3.05, 3.63) is 45.8 Å². The fourth-order valence-electron chi connectivity index (χ4n) is 2.60. The number of nitrogens with zero attached hydrogens (tertiary/aromatic N) is 3. The topological polar surface area (TPSA) is 59.2 Å². The summed E-state index contributed by atoms with van der Waals surface area (Å²) in [4.78, 5) is 21.2. The lowest BCUT2D eigenvalue weighted by molar-refractivity contribution is -0.132. The molecule has 0 aliphatic heterocycles. The second-order valence-electron chi connectivity index (χ2n) is 5.82. The number of aromatic nitrogens is 2. The van der Waals surface area contributed by atoms with Crippen molar-refractivity contribution in [2.24, 2.45) is 0 Å². The number of amides is 1. The zero-order chi connectivity index (χ0) is 16.4. The standard InChI is InChI=1S/C17H17N3O2S2/c21-16(20(12-5-6-12)11-13-3-1-9-23-13)8-7-15-18-17(19-22-15)14-4-2-10-24-14/h1-4,9-10,12H,5-8,11H2. The van der Waals surface area contributed by atoms with Crippen LogP contribution in [0.15, 0.2) is 39.5 Å². The third-order valence-electron chi connectivity index (χ3n) is 3.98. The van der Waals surface area contributed by atoms with Gasteiger partial charge < -0.3 is 9.42 Å². The van der Waals surface area contributed by atoms with Crippen molar-refractivity contribution in [1.82, 2.24) is 15.0 Å². The van der Waals surface area contributed by atoms with Crippen LogP contribution in [-0.2, 0) is 17.8 Å². The highest BCUT2D eigenvalue weighted by Gasteiger charge is 2.32. The first-order chi connectivity index (χ1) is 11.8. The van der Waals surface area contributed by atoms with Crippen molar-refractivity contribution in [3.63, 3.8) is 0 Å². The van der Waals surface area contributed by atoms with E-state index in [4.69, 9.17) is 4.52 Å². The lowest BCUT2D eigenvalue weighted by Gasteiger charge is -2.21. The summed E-state index contributed by atoms with van der Waals surface area (Å²) >= 11 is 3.27. The molecule has 1 amide bonds. The maximum absolute atomic E-state index is 12.6. The van der Waals surface area contributed by atoms with Crippen molar-refractivity contribution in [1.29, 1.82) is 0 Å². The van der Waals surface area contributed by atoms with Gasteiger partial charge in [0.2, 0.25) is 17.6 Å². The van der Waals surface area contributed by atoms with E-state index in [1.807, 2.05) is 28.5 Å². The van der Waals surface area contributed by atoms with E-state index in [-0.39, 0.29) is 5.91 Å². The van der Waals surface area contributed by atoms with Crippen LogP contribution in [0, 0.1) is 0 Å². The summed E-state index contributed by atoms with van der Waals surface area (Å²) < 4.78 is 5.28. The first-order valence-electron chi connectivity index (χ1n) is 7.98. The molecule has 0 bridgehead atoms. The number of rotatable bonds is 7. The summed E-state index contributed by atoms with van der Waals surface area (Å²) in [5.74, 6) is 1.30. The minimum atomic E-state index is 0.168. The predicted molar refractivity (Wildman–Crippen MR) is 93.8 cm³/mol. The summed E-state index contributed by atoms with van der Waals surface area (Å²) in [6.07, 6.45) is 3.12. The fraction of sp³-hybridized carbons (Fsp3) is 0.353. The Bertz CT molecular complexity index is 792. The van der Waals surface area contributed by atoms with Crippen molar-refractivity contribution >= 4 is 28.6 Å². The molecule has 0 aromatic carbocycles. The minimum Gasteiger partial charge on any atom is -0.339 e. The Hall–Kier alpha value is -1.99. The van der Waals surface area contributed by atoms with Gasteiger partial charge in [0.15, 0.2) is 0 Å². The molecule has 1 fully saturated rings. The monoisotopic (exact) mass is 359 g/mol. The molecule has 1 aliphatic rings. The zero-order valence-corrected chi connectivity index (χ0v) is 14.7. The van der Waals surface area contributed by atoms with Gasteiger partial charge in [-0.3, -0.25) is 4.79 Å². The Morgan fingerprint density at radius 3 is 2.79 bits per heavy atom.